The van der Waals surface area contributed by atoms with Crippen molar-refractivity contribution < 1.29 is 86.0 Å². The predicted molar refractivity (Wildman–Crippen MR) is 230 cm³/mol. The van der Waals surface area contributed by atoms with Gasteiger partial charge in [0.1, 0.15) is 49.8 Å². The monoisotopic (exact) mass is 935 g/mol. The molecule has 11 atom stereocenters. The molecule has 2 aliphatic rings. The number of amides is 1. The highest BCUT2D eigenvalue weighted by Crippen LogP contribution is 2.40. The van der Waals surface area contributed by atoms with Crippen LogP contribution in [0.4, 0.5) is 0 Å². The Kier molecular flexibility index (Phi) is 20.6. The fourth-order valence-corrected chi connectivity index (χ4v) is 7.56. The molecule has 0 saturated carbocycles. The number of rotatable bonds is 22. The molecule has 0 unspecified atom stereocenters. The summed E-state index contributed by atoms with van der Waals surface area (Å²) in [6, 6.07) is 13.6. The van der Waals surface area contributed by atoms with Gasteiger partial charge in [0.25, 0.3) is 5.79 Å². The summed E-state index contributed by atoms with van der Waals surface area (Å²) in [6.07, 6.45) is -12.7. The molecule has 0 bridgehead atoms. The second kappa shape index (κ2) is 25.3. The number of aryl methyl sites for hydroxylation is 2. The minimum absolute atomic E-state index is 0.0101. The molecule has 20 heteroatoms. The van der Waals surface area contributed by atoms with Crippen LogP contribution in [0.25, 0.3) is 0 Å². The van der Waals surface area contributed by atoms with Gasteiger partial charge in [0.15, 0.2) is 18.5 Å². The number of aliphatic hydroxyl groups excluding tert-OH is 1. The van der Waals surface area contributed by atoms with Gasteiger partial charge in [0.05, 0.1) is 32.3 Å². The standard InChI is InChI=1S/C45H61NO18S/c1-25-10-14-32(15-11-25)21-55-23-35-39(38(52)42(43(54-8)62-35)58-22-33-16-12-26(2)13-17-33)63-45(44(53)56-18-19-65-9)20-34(59-29(5)49)37(46-27(3)47)41(64-45)40(61-31(7)51)36(60-30(6)50)24-57-28(4)48/h10-17,34-43,52H,18-24H2,1-9H3,(H,46,47)/t34-,35+,36+,37+,38-,39-,40+,41+,42+,43+,45+/m0/s1. The van der Waals surface area contributed by atoms with Gasteiger partial charge in [-0.15, -0.1) is 0 Å². The summed E-state index contributed by atoms with van der Waals surface area (Å²) in [6.45, 7) is 8.25. The summed E-state index contributed by atoms with van der Waals surface area (Å²) < 4.78 is 65.8. The van der Waals surface area contributed by atoms with Crippen LogP contribution in [0, 0.1) is 13.8 Å². The first-order valence-corrected chi connectivity index (χ1v) is 22.4. The van der Waals surface area contributed by atoms with Crippen LogP contribution in [0.3, 0.4) is 0 Å². The van der Waals surface area contributed by atoms with Crippen molar-refractivity contribution in [2.24, 2.45) is 0 Å². The number of hydrogen-bond donors (Lipinski definition) is 2. The molecule has 0 aromatic heterocycles. The number of ether oxygens (including phenoxy) is 11. The zero-order chi connectivity index (χ0) is 47.8. The zero-order valence-corrected chi connectivity index (χ0v) is 39.0. The van der Waals surface area contributed by atoms with E-state index in [1.54, 1.807) is 6.26 Å². The van der Waals surface area contributed by atoms with E-state index in [-0.39, 0.29) is 26.4 Å². The SMILES string of the molecule is CO[C@@H]1O[C@H](COCc2ccc(C)cc2)[C@H](O[C@]2(C(=O)OCCSC)C[C@H](OC(C)=O)[C@@H](NC(C)=O)[C@H]([C@H](OC(C)=O)[C@@H](COC(C)=O)OC(C)=O)O2)[C@H](O)[C@H]1OCc1ccc(C)cc1. The Morgan fingerprint density at radius 2 is 1.45 bits per heavy atom. The second-order valence-electron chi connectivity index (χ2n) is 15.7. The van der Waals surface area contributed by atoms with Crippen LogP contribution in [0.5, 0.6) is 0 Å². The molecule has 0 spiro atoms. The first-order valence-electron chi connectivity index (χ1n) is 21.0. The molecule has 2 heterocycles. The molecule has 1 amide bonds. The van der Waals surface area contributed by atoms with Gasteiger partial charge in [-0.3, -0.25) is 24.0 Å². The summed E-state index contributed by atoms with van der Waals surface area (Å²) in [5.41, 5.74) is 3.63. The summed E-state index contributed by atoms with van der Waals surface area (Å²) in [7, 11) is 1.36. The van der Waals surface area contributed by atoms with Crippen molar-refractivity contribution in [2.75, 3.05) is 38.9 Å². The van der Waals surface area contributed by atoms with E-state index in [4.69, 9.17) is 52.1 Å². The van der Waals surface area contributed by atoms with Crippen molar-refractivity contribution in [3.8, 4) is 0 Å². The maximum Gasteiger partial charge on any atom is 0.367 e. The average molecular weight is 936 g/mol. The van der Waals surface area contributed by atoms with E-state index in [0.717, 1.165) is 56.9 Å². The first-order chi connectivity index (χ1) is 30.9. The molecule has 0 aliphatic carbocycles. The fraction of sp³-hybridized carbons (Fsp3) is 0.600. The van der Waals surface area contributed by atoms with Crippen molar-refractivity contribution in [1.29, 1.82) is 0 Å². The lowest BCUT2D eigenvalue weighted by Gasteiger charge is -2.51. The molecule has 65 heavy (non-hydrogen) atoms. The lowest BCUT2D eigenvalue weighted by Crippen LogP contribution is -2.71. The predicted octanol–water partition coefficient (Wildman–Crippen LogP) is 2.78. The van der Waals surface area contributed by atoms with E-state index in [9.17, 15) is 33.9 Å². The minimum Gasteiger partial charge on any atom is -0.462 e. The molecule has 4 rings (SSSR count). The van der Waals surface area contributed by atoms with Crippen LogP contribution >= 0.6 is 11.8 Å². The third-order valence-electron chi connectivity index (χ3n) is 10.2. The maximum atomic E-state index is 14.8. The molecule has 2 saturated heterocycles. The second-order valence-corrected chi connectivity index (χ2v) is 16.7. The van der Waals surface area contributed by atoms with E-state index >= 15 is 0 Å². The number of hydrogen-bond acceptors (Lipinski definition) is 19. The van der Waals surface area contributed by atoms with Crippen LogP contribution < -0.4 is 5.32 Å². The van der Waals surface area contributed by atoms with Crippen LogP contribution in [0.1, 0.15) is 63.3 Å². The number of nitrogens with one attached hydrogen (secondary N) is 1. The van der Waals surface area contributed by atoms with Crippen LogP contribution in [-0.2, 0) is 94.1 Å². The smallest absolute Gasteiger partial charge is 0.367 e. The molecular weight excluding hydrogens is 875 g/mol. The lowest BCUT2D eigenvalue weighted by atomic mass is 9.87. The van der Waals surface area contributed by atoms with Crippen molar-refractivity contribution in [3.63, 3.8) is 0 Å². The molecule has 0 radical (unpaired) electrons. The van der Waals surface area contributed by atoms with E-state index < -0.39 is 116 Å². The Balaban J connectivity index is 1.90. The Hall–Kier alpha value is -4.67. The quantitative estimate of drug-likeness (QED) is 0.0981. The lowest BCUT2D eigenvalue weighted by molar-refractivity contribution is -0.372. The molecule has 2 aromatic carbocycles. The summed E-state index contributed by atoms with van der Waals surface area (Å²) in [5.74, 6) is -7.77. The van der Waals surface area contributed by atoms with Gasteiger partial charge in [0, 0.05) is 47.5 Å². The molecular formula is C45H61NO18S. The highest BCUT2D eigenvalue weighted by molar-refractivity contribution is 7.98. The molecule has 360 valence electrons. The van der Waals surface area contributed by atoms with Gasteiger partial charge < -0.3 is 62.5 Å². The summed E-state index contributed by atoms with van der Waals surface area (Å²) >= 11 is 1.36. The van der Waals surface area contributed by atoms with E-state index in [2.05, 4.69) is 5.32 Å². The highest BCUT2D eigenvalue weighted by atomic mass is 32.2. The number of thioether (sulfide) groups is 1. The molecule has 2 aliphatic heterocycles. The Bertz CT molecular complexity index is 1900. The van der Waals surface area contributed by atoms with Crippen LogP contribution in [-0.4, -0.2) is 147 Å². The van der Waals surface area contributed by atoms with Crippen molar-refractivity contribution in [2.45, 2.75) is 135 Å². The number of benzene rings is 2. The molecule has 2 aromatic rings. The number of esters is 5. The van der Waals surface area contributed by atoms with Gasteiger partial charge >= 0.3 is 29.8 Å². The van der Waals surface area contributed by atoms with Crippen LogP contribution in [0.15, 0.2) is 48.5 Å². The average Bonchev–Trinajstić information content (AvgIpc) is 3.23. The van der Waals surface area contributed by atoms with Gasteiger partial charge in [-0.05, 0) is 31.2 Å². The third-order valence-corrected chi connectivity index (χ3v) is 10.8. The number of aliphatic hydroxyl groups is 1. The highest BCUT2D eigenvalue weighted by Gasteiger charge is 2.62. The minimum atomic E-state index is -2.70. The van der Waals surface area contributed by atoms with Gasteiger partial charge in [0.2, 0.25) is 5.91 Å². The Labute approximate surface area is 382 Å². The first kappa shape index (κ1) is 52.9. The normalized spacial score (nSPS) is 26.2. The summed E-state index contributed by atoms with van der Waals surface area (Å²) in [4.78, 5) is 78.0. The maximum absolute atomic E-state index is 14.8. The third kappa shape index (κ3) is 15.7. The Morgan fingerprint density at radius 1 is 0.831 bits per heavy atom. The summed E-state index contributed by atoms with van der Waals surface area (Å²) in [5, 5.41) is 15.0. The van der Waals surface area contributed by atoms with E-state index in [1.165, 1.54) is 18.9 Å². The van der Waals surface area contributed by atoms with E-state index in [0.29, 0.717) is 5.75 Å². The van der Waals surface area contributed by atoms with Crippen molar-refractivity contribution in [1.82, 2.24) is 5.32 Å². The zero-order valence-electron chi connectivity index (χ0n) is 38.1. The Morgan fingerprint density at radius 3 is 1.98 bits per heavy atom. The number of carbonyl (C=O) groups excluding carboxylic acids is 6. The number of methoxy groups -OCH3 is 1. The van der Waals surface area contributed by atoms with Gasteiger partial charge in [-0.2, -0.15) is 11.8 Å². The topological polar surface area (TPSA) is 236 Å². The van der Waals surface area contributed by atoms with E-state index in [1.807, 2.05) is 62.4 Å². The molecule has 2 N–H and O–H groups in total. The van der Waals surface area contributed by atoms with Gasteiger partial charge in [-0.25, -0.2) is 4.79 Å². The van der Waals surface area contributed by atoms with Crippen molar-refractivity contribution in [3.05, 3.63) is 70.8 Å². The largest absolute Gasteiger partial charge is 0.462 e. The number of carbonyl (C=O) groups is 6. The molecule has 2 fully saturated rings. The fourth-order valence-electron chi connectivity index (χ4n) is 7.31. The molecule has 19 nitrogen and oxygen atoms in total. The van der Waals surface area contributed by atoms with Crippen molar-refractivity contribution >= 4 is 47.5 Å². The van der Waals surface area contributed by atoms with Gasteiger partial charge in [-0.1, -0.05) is 59.7 Å². The van der Waals surface area contributed by atoms with Crippen LogP contribution in [0.2, 0.25) is 0 Å².